The lowest BCUT2D eigenvalue weighted by molar-refractivity contribution is 0.532. The van der Waals surface area contributed by atoms with E-state index in [-0.39, 0.29) is 11.2 Å². The first-order chi connectivity index (χ1) is 7.99. The third kappa shape index (κ3) is 2.37. The average Bonchev–Trinajstić information content (AvgIpc) is 2.63. The van der Waals surface area contributed by atoms with Crippen molar-refractivity contribution in [2.75, 3.05) is 0 Å². The Balaban J connectivity index is 2.47. The highest BCUT2D eigenvalue weighted by Gasteiger charge is 2.18. The number of benzene rings is 1. The molecule has 1 heterocycles. The zero-order valence-corrected chi connectivity index (χ0v) is 10.8. The molecule has 0 fully saturated rings. The summed E-state index contributed by atoms with van der Waals surface area (Å²) in [5.74, 6) is 0.596. The molecular formula is C14H14ClFO. The Kier molecular flexibility index (Phi) is 3.25. The minimum atomic E-state index is -0.298. The van der Waals surface area contributed by atoms with Gasteiger partial charge in [-0.1, -0.05) is 0 Å². The van der Waals surface area contributed by atoms with Gasteiger partial charge >= 0.3 is 0 Å². The number of alkyl halides is 1. The van der Waals surface area contributed by atoms with Crippen molar-refractivity contribution in [3.63, 3.8) is 0 Å². The summed E-state index contributed by atoms with van der Waals surface area (Å²) in [5.41, 5.74) is 3.58. The first-order valence-electron chi connectivity index (χ1n) is 5.45. The Morgan fingerprint density at radius 3 is 2.18 bits per heavy atom. The minimum absolute atomic E-state index is 0.226. The molecule has 0 radical (unpaired) electrons. The summed E-state index contributed by atoms with van der Waals surface area (Å²) in [4.78, 5) is 0. The number of halogens is 2. The predicted molar refractivity (Wildman–Crippen MR) is 67.0 cm³/mol. The van der Waals surface area contributed by atoms with Crippen molar-refractivity contribution in [3.05, 3.63) is 58.3 Å². The van der Waals surface area contributed by atoms with Crippen LogP contribution in [0.1, 0.15) is 33.4 Å². The molecule has 1 aromatic carbocycles. The zero-order chi connectivity index (χ0) is 12.6. The van der Waals surface area contributed by atoms with Gasteiger partial charge in [0, 0.05) is 5.56 Å². The van der Waals surface area contributed by atoms with E-state index in [9.17, 15) is 4.39 Å². The molecule has 0 amide bonds. The first-order valence-corrected chi connectivity index (χ1v) is 5.88. The van der Waals surface area contributed by atoms with Crippen LogP contribution in [0, 0.1) is 26.6 Å². The highest BCUT2D eigenvalue weighted by molar-refractivity contribution is 6.22. The normalized spacial score (nSPS) is 12.8. The molecule has 2 aromatic rings. The zero-order valence-electron chi connectivity index (χ0n) is 10.1. The molecule has 3 heteroatoms. The molecule has 0 aliphatic carbocycles. The maximum Gasteiger partial charge on any atom is 0.123 e. The SMILES string of the molecule is Cc1cc(C(Cl)c2c(C)cc(F)cc2C)co1. The topological polar surface area (TPSA) is 13.1 Å². The number of hydrogen-bond donors (Lipinski definition) is 0. The number of aryl methyl sites for hydroxylation is 3. The van der Waals surface area contributed by atoms with Gasteiger partial charge in [-0.15, -0.1) is 11.6 Å². The fourth-order valence-corrected chi connectivity index (χ4v) is 2.54. The fourth-order valence-electron chi connectivity index (χ4n) is 2.08. The van der Waals surface area contributed by atoms with Gasteiger partial charge in [0.2, 0.25) is 0 Å². The molecule has 90 valence electrons. The lowest BCUT2D eigenvalue weighted by Gasteiger charge is -2.14. The van der Waals surface area contributed by atoms with E-state index in [4.69, 9.17) is 16.0 Å². The molecular weight excluding hydrogens is 239 g/mol. The van der Waals surface area contributed by atoms with Gasteiger partial charge in [0.25, 0.3) is 0 Å². The van der Waals surface area contributed by atoms with Crippen molar-refractivity contribution in [1.82, 2.24) is 0 Å². The van der Waals surface area contributed by atoms with Gasteiger partial charge in [-0.05, 0) is 55.7 Å². The summed E-state index contributed by atoms with van der Waals surface area (Å²) in [5, 5.41) is -0.298. The molecule has 0 spiro atoms. The maximum atomic E-state index is 13.2. The predicted octanol–water partition coefficient (Wildman–Crippen LogP) is 4.67. The smallest absolute Gasteiger partial charge is 0.123 e. The molecule has 2 rings (SSSR count). The van der Waals surface area contributed by atoms with E-state index in [1.165, 1.54) is 12.1 Å². The Morgan fingerprint density at radius 2 is 1.71 bits per heavy atom. The Morgan fingerprint density at radius 1 is 1.12 bits per heavy atom. The van der Waals surface area contributed by atoms with E-state index in [1.807, 2.05) is 26.8 Å². The van der Waals surface area contributed by atoms with Gasteiger partial charge in [0.15, 0.2) is 0 Å². The van der Waals surface area contributed by atoms with Gasteiger partial charge in [-0.3, -0.25) is 0 Å². The molecule has 0 aliphatic rings. The van der Waals surface area contributed by atoms with Crippen molar-refractivity contribution in [2.45, 2.75) is 26.1 Å². The first kappa shape index (κ1) is 12.2. The van der Waals surface area contributed by atoms with Gasteiger partial charge in [0.1, 0.15) is 11.6 Å². The van der Waals surface area contributed by atoms with Gasteiger partial charge < -0.3 is 4.42 Å². The van der Waals surface area contributed by atoms with Crippen LogP contribution < -0.4 is 0 Å². The number of hydrogen-bond acceptors (Lipinski definition) is 1. The Hall–Kier alpha value is -1.28. The maximum absolute atomic E-state index is 13.2. The lowest BCUT2D eigenvalue weighted by Crippen LogP contribution is -1.99. The third-order valence-electron chi connectivity index (χ3n) is 2.86. The highest BCUT2D eigenvalue weighted by atomic mass is 35.5. The molecule has 1 nitrogen and oxygen atoms in total. The molecule has 0 saturated heterocycles. The van der Waals surface area contributed by atoms with Crippen molar-refractivity contribution in [3.8, 4) is 0 Å². The number of rotatable bonds is 2. The monoisotopic (exact) mass is 252 g/mol. The molecule has 0 aliphatic heterocycles. The fraction of sp³-hybridized carbons (Fsp3) is 0.286. The largest absolute Gasteiger partial charge is 0.469 e. The summed E-state index contributed by atoms with van der Waals surface area (Å²) in [7, 11) is 0. The quantitative estimate of drug-likeness (QED) is 0.708. The summed E-state index contributed by atoms with van der Waals surface area (Å²) in [6.07, 6.45) is 1.65. The van der Waals surface area contributed by atoms with E-state index in [0.29, 0.717) is 0 Å². The summed E-state index contributed by atoms with van der Waals surface area (Å²) in [6, 6.07) is 4.91. The Labute approximate surface area is 105 Å². The van der Waals surface area contributed by atoms with E-state index >= 15 is 0 Å². The van der Waals surface area contributed by atoms with Crippen molar-refractivity contribution in [2.24, 2.45) is 0 Å². The van der Waals surface area contributed by atoms with Crippen LogP contribution in [0.2, 0.25) is 0 Å². The van der Waals surface area contributed by atoms with Gasteiger partial charge in [0.05, 0.1) is 11.6 Å². The van der Waals surface area contributed by atoms with Crippen LogP contribution in [0.25, 0.3) is 0 Å². The second-order valence-electron chi connectivity index (χ2n) is 4.31. The molecule has 1 unspecified atom stereocenters. The van der Waals surface area contributed by atoms with Crippen LogP contribution in [-0.2, 0) is 0 Å². The van der Waals surface area contributed by atoms with Crippen molar-refractivity contribution in [1.29, 1.82) is 0 Å². The number of furan rings is 1. The molecule has 1 aromatic heterocycles. The standard InChI is InChI=1S/C14H14ClFO/c1-8-4-12(16)5-9(2)13(8)14(15)11-6-10(3)17-7-11/h4-7,14H,1-3H3. The van der Waals surface area contributed by atoms with Crippen LogP contribution in [0.5, 0.6) is 0 Å². The van der Waals surface area contributed by atoms with Gasteiger partial charge in [-0.2, -0.15) is 0 Å². The average molecular weight is 253 g/mol. The second-order valence-corrected chi connectivity index (χ2v) is 4.74. The molecule has 0 saturated carbocycles. The van der Waals surface area contributed by atoms with E-state index in [2.05, 4.69) is 0 Å². The highest BCUT2D eigenvalue weighted by Crippen LogP contribution is 2.34. The van der Waals surface area contributed by atoms with E-state index in [1.54, 1.807) is 6.26 Å². The van der Waals surface area contributed by atoms with E-state index in [0.717, 1.165) is 28.0 Å². The van der Waals surface area contributed by atoms with E-state index < -0.39 is 0 Å². The third-order valence-corrected chi connectivity index (χ3v) is 3.33. The van der Waals surface area contributed by atoms with Crippen LogP contribution >= 0.6 is 11.6 Å². The van der Waals surface area contributed by atoms with Crippen molar-refractivity contribution >= 4 is 11.6 Å². The van der Waals surface area contributed by atoms with Crippen molar-refractivity contribution < 1.29 is 8.81 Å². The van der Waals surface area contributed by atoms with Crippen LogP contribution in [0.4, 0.5) is 4.39 Å². The van der Waals surface area contributed by atoms with Crippen LogP contribution in [-0.4, -0.2) is 0 Å². The molecule has 0 N–H and O–H groups in total. The van der Waals surface area contributed by atoms with Gasteiger partial charge in [-0.25, -0.2) is 4.39 Å². The molecule has 0 bridgehead atoms. The summed E-state index contributed by atoms with van der Waals surface area (Å²) < 4.78 is 18.5. The lowest BCUT2D eigenvalue weighted by atomic mass is 9.96. The second kappa shape index (κ2) is 4.53. The molecule has 1 atom stereocenters. The summed E-state index contributed by atoms with van der Waals surface area (Å²) >= 11 is 6.43. The van der Waals surface area contributed by atoms with Crippen LogP contribution in [0.15, 0.2) is 28.9 Å². The summed E-state index contributed by atoms with van der Waals surface area (Å²) in [6.45, 7) is 5.61. The molecule has 17 heavy (non-hydrogen) atoms. The minimum Gasteiger partial charge on any atom is -0.469 e. The van der Waals surface area contributed by atoms with Crippen LogP contribution in [0.3, 0.4) is 0 Å². The Bertz CT molecular complexity index is 522.